The summed E-state index contributed by atoms with van der Waals surface area (Å²) in [5.41, 5.74) is 4.35. The number of carbonyl (C=O) groups is 5. The Bertz CT molecular complexity index is 2420. The van der Waals surface area contributed by atoms with Crippen molar-refractivity contribution in [1.82, 2.24) is 0 Å². The van der Waals surface area contributed by atoms with Crippen molar-refractivity contribution in [2.45, 2.75) is 51.9 Å². The van der Waals surface area contributed by atoms with Crippen LogP contribution in [0, 0.1) is 24.7 Å². The molecule has 3 aromatic carbocycles. The zero-order chi connectivity index (χ0) is 42.0. The van der Waals surface area contributed by atoms with Gasteiger partial charge in [0, 0.05) is 55.1 Å². The Balaban J connectivity index is 0.989. The summed E-state index contributed by atoms with van der Waals surface area (Å²) >= 11 is 0. The maximum atomic E-state index is 13.8. The average molecular weight is 824 g/mol. The maximum Gasteiger partial charge on any atom is 0.550 e. The largest absolute Gasteiger partial charge is 0.550 e. The lowest BCUT2D eigenvalue weighted by Gasteiger charge is -2.29. The van der Waals surface area contributed by atoms with E-state index in [4.69, 9.17) is 13.8 Å². The van der Waals surface area contributed by atoms with Gasteiger partial charge in [-0.2, -0.15) is 0 Å². The number of carboxylic acid groups (broad SMARTS) is 1. The molecule has 2 aliphatic heterocycles. The highest BCUT2D eigenvalue weighted by molar-refractivity contribution is 7.48. The normalized spacial score (nSPS) is 20.5. The number of phosphoric ester groups is 1. The number of amides is 3. The molecular formula is C43H42N3O12P. The van der Waals surface area contributed by atoms with Crippen LogP contribution >= 0.6 is 7.82 Å². The molecule has 306 valence electrons. The first-order valence-electron chi connectivity index (χ1n) is 19.1. The first-order chi connectivity index (χ1) is 28.3. The second-order valence-corrected chi connectivity index (χ2v) is 16.3. The Morgan fingerprint density at radius 2 is 1.88 bits per heavy atom. The summed E-state index contributed by atoms with van der Waals surface area (Å²) < 4.78 is 33.0. The van der Waals surface area contributed by atoms with Crippen molar-refractivity contribution < 1.29 is 57.2 Å². The van der Waals surface area contributed by atoms with Crippen LogP contribution in [0.4, 0.5) is 11.4 Å². The number of aromatic hydroxyl groups is 1. The number of aromatic carboxylic acids is 1. The summed E-state index contributed by atoms with van der Waals surface area (Å²) in [5, 5.41) is 26.8. The van der Waals surface area contributed by atoms with Crippen molar-refractivity contribution in [3.8, 4) is 11.5 Å². The van der Waals surface area contributed by atoms with Crippen LogP contribution in [0.2, 0.25) is 0 Å². The van der Waals surface area contributed by atoms with E-state index in [2.05, 4.69) is 21.8 Å². The third-order valence-electron chi connectivity index (χ3n) is 11.0. The van der Waals surface area contributed by atoms with E-state index in [1.54, 1.807) is 30.3 Å². The number of carbonyl (C=O) groups excluding carboxylic acids is 4. The number of aryl methyl sites for hydroxylation is 2. The number of para-hydroxylation sites is 1. The van der Waals surface area contributed by atoms with Gasteiger partial charge in [-0.05, 0) is 85.9 Å². The van der Waals surface area contributed by atoms with Gasteiger partial charge in [-0.3, -0.25) is 32.9 Å². The number of phenols is 1. The lowest BCUT2D eigenvalue weighted by atomic mass is 9.76. The number of carboxylic acids is 1. The number of oxime groups is 1. The number of phosphoric acid groups is 1. The molecule has 0 aromatic heterocycles. The van der Waals surface area contributed by atoms with Gasteiger partial charge in [0.1, 0.15) is 5.76 Å². The fraction of sp³-hybridized carbons (Fsp3) is 0.302. The molecule has 16 heteroatoms. The topological polar surface area (TPSA) is 207 Å². The van der Waals surface area contributed by atoms with Crippen molar-refractivity contribution in [2.75, 3.05) is 23.9 Å². The Morgan fingerprint density at radius 3 is 2.63 bits per heavy atom. The van der Waals surface area contributed by atoms with Gasteiger partial charge in [-0.1, -0.05) is 47.6 Å². The standard InChI is InChI=1S/C43H42N3O12P/c1-24-21-25(13-18-34(24)46-41(50)32-10-5-8-26(38(32)42(46)51)19-20-56-59(54,55-3)58-44-2)7-4-12-37(49)45-27-14-16-29(33(22-27)43(52)53)39-30-17-15-28(47)23-36(30)57-40-31(39)9-6-11-35(40)48/h5-6,8-9,11,13-14,16,18,21-23,26,32,38,48H,2,4,7,10,12,15,17,19-20H2,1,3H3,(H,45,49)(H,52,53). The number of phenolic OH excluding ortho intramolecular Hbond substituents is 1. The van der Waals surface area contributed by atoms with E-state index in [1.807, 2.05) is 31.2 Å². The number of rotatable bonds is 15. The minimum absolute atomic E-state index is 0.0666. The van der Waals surface area contributed by atoms with Gasteiger partial charge in [0.15, 0.2) is 17.3 Å². The molecule has 0 bridgehead atoms. The van der Waals surface area contributed by atoms with Crippen molar-refractivity contribution in [3.05, 3.63) is 112 Å². The number of nitrogens with zero attached hydrogens (tertiary/aromatic N) is 2. The number of allylic oxidation sites excluding steroid dienone is 4. The van der Waals surface area contributed by atoms with Gasteiger partial charge < -0.3 is 20.3 Å². The minimum Gasteiger partial charge on any atom is -0.504 e. The van der Waals surface area contributed by atoms with E-state index in [9.17, 15) is 38.8 Å². The predicted molar refractivity (Wildman–Crippen MR) is 216 cm³/mol. The second kappa shape index (κ2) is 17.0. The van der Waals surface area contributed by atoms with Crippen LogP contribution in [-0.2, 0) is 43.8 Å². The van der Waals surface area contributed by atoms with E-state index in [-0.39, 0.29) is 78.1 Å². The van der Waals surface area contributed by atoms with Crippen molar-refractivity contribution in [3.63, 3.8) is 0 Å². The minimum atomic E-state index is -3.93. The number of ketones is 1. The van der Waals surface area contributed by atoms with Crippen LogP contribution in [0.15, 0.2) is 89.3 Å². The van der Waals surface area contributed by atoms with Crippen LogP contribution in [-0.4, -0.2) is 60.1 Å². The molecule has 4 aliphatic rings. The zero-order valence-corrected chi connectivity index (χ0v) is 33.2. The highest BCUT2D eigenvalue weighted by Gasteiger charge is 2.51. The molecule has 2 heterocycles. The van der Waals surface area contributed by atoms with E-state index in [0.717, 1.165) is 18.2 Å². The molecule has 1 fully saturated rings. The lowest BCUT2D eigenvalue weighted by molar-refractivity contribution is -0.123. The molecule has 59 heavy (non-hydrogen) atoms. The quantitative estimate of drug-likeness (QED) is 0.0455. The molecule has 7 rings (SSSR count). The summed E-state index contributed by atoms with van der Waals surface area (Å²) in [4.78, 5) is 66.6. The monoisotopic (exact) mass is 823 g/mol. The molecule has 0 spiro atoms. The zero-order valence-electron chi connectivity index (χ0n) is 32.3. The highest BCUT2D eigenvalue weighted by atomic mass is 31.2. The molecule has 3 N–H and O–H groups in total. The molecule has 0 radical (unpaired) electrons. The van der Waals surface area contributed by atoms with Crippen molar-refractivity contribution in [2.24, 2.45) is 22.9 Å². The van der Waals surface area contributed by atoms with Crippen molar-refractivity contribution in [1.29, 1.82) is 0 Å². The number of nitrogens with one attached hydrogen (secondary N) is 1. The van der Waals surface area contributed by atoms with Crippen LogP contribution in [0.5, 0.6) is 11.5 Å². The van der Waals surface area contributed by atoms with Gasteiger partial charge in [0.2, 0.25) is 17.7 Å². The van der Waals surface area contributed by atoms with Gasteiger partial charge in [0.25, 0.3) is 0 Å². The van der Waals surface area contributed by atoms with Crippen LogP contribution in [0.1, 0.15) is 71.1 Å². The number of imide groups is 1. The molecule has 2 aliphatic carbocycles. The first-order valence-corrected chi connectivity index (χ1v) is 20.5. The van der Waals surface area contributed by atoms with E-state index < -0.39 is 25.6 Å². The Morgan fingerprint density at radius 1 is 1.07 bits per heavy atom. The number of fused-ring (bicyclic) bond motifs is 3. The fourth-order valence-electron chi connectivity index (χ4n) is 8.23. The number of hydrogen-bond donors (Lipinski definition) is 3. The average Bonchev–Trinajstić information content (AvgIpc) is 3.46. The Labute approximate surface area is 339 Å². The molecule has 3 aromatic rings. The van der Waals surface area contributed by atoms with Gasteiger partial charge in [-0.25, -0.2) is 14.3 Å². The van der Waals surface area contributed by atoms with Gasteiger partial charge in [0.05, 0.1) is 29.7 Å². The maximum absolute atomic E-state index is 13.8. The second-order valence-electron chi connectivity index (χ2n) is 14.6. The summed E-state index contributed by atoms with van der Waals surface area (Å²) in [6.45, 7) is 4.88. The number of ether oxygens (including phenoxy) is 1. The predicted octanol–water partition coefficient (Wildman–Crippen LogP) is 7.28. The third kappa shape index (κ3) is 8.27. The summed E-state index contributed by atoms with van der Waals surface area (Å²) in [7, 11) is -2.77. The van der Waals surface area contributed by atoms with Crippen LogP contribution in [0.3, 0.4) is 0 Å². The number of hydrogen-bond acceptors (Lipinski definition) is 12. The van der Waals surface area contributed by atoms with Crippen LogP contribution < -0.4 is 15.0 Å². The summed E-state index contributed by atoms with van der Waals surface area (Å²) in [5.74, 6) is -3.54. The summed E-state index contributed by atoms with van der Waals surface area (Å²) in [6, 6.07) is 14.9. The SMILES string of the molecule is C=NOP(=O)(OC)OCCC1C=CCC2C(=O)N(c3ccc(CCCC(=O)Nc4ccc(C5=C6CCC(=O)C=C6Oc6c(O)cccc65)c(C(=O)O)c4)cc3C)C(=O)C12. The molecule has 4 atom stereocenters. The molecule has 3 amide bonds. The lowest BCUT2D eigenvalue weighted by Crippen LogP contribution is -2.32. The van der Waals surface area contributed by atoms with E-state index in [1.165, 1.54) is 23.1 Å². The Kier molecular flexibility index (Phi) is 11.8. The molecular weight excluding hydrogens is 781 g/mol. The third-order valence-corrected chi connectivity index (χ3v) is 12.2. The molecule has 4 unspecified atom stereocenters. The fourth-order valence-corrected chi connectivity index (χ4v) is 8.92. The Hall–Kier alpha value is -6.15. The molecule has 0 saturated carbocycles. The summed E-state index contributed by atoms with van der Waals surface area (Å²) in [6.07, 6.45) is 7.48. The van der Waals surface area contributed by atoms with Crippen molar-refractivity contribution >= 4 is 61.0 Å². The van der Waals surface area contributed by atoms with Gasteiger partial charge in [-0.15, -0.1) is 0 Å². The molecule has 1 saturated heterocycles. The number of anilines is 2. The highest BCUT2D eigenvalue weighted by Crippen LogP contribution is 2.51. The van der Waals surface area contributed by atoms with Gasteiger partial charge >= 0.3 is 13.8 Å². The smallest absolute Gasteiger partial charge is 0.504 e. The molecule has 15 nitrogen and oxygen atoms in total. The van der Waals surface area contributed by atoms with E-state index >= 15 is 0 Å². The van der Waals surface area contributed by atoms with E-state index in [0.29, 0.717) is 59.3 Å². The number of benzene rings is 3. The first kappa shape index (κ1) is 41.0. The van der Waals surface area contributed by atoms with Crippen LogP contribution in [0.25, 0.3) is 5.57 Å².